The molecule has 2 rings (SSSR count). The van der Waals surface area contributed by atoms with Gasteiger partial charge in [-0.05, 0) is 48.0 Å². The molecule has 112 valence electrons. The molecule has 0 aliphatic carbocycles. The molecular weight excluding hydrogens is 284 g/mol. The fourth-order valence-electron chi connectivity index (χ4n) is 1.71. The highest BCUT2D eigenvalue weighted by atomic mass is 16.5. The minimum atomic E-state index is -1.02. The van der Waals surface area contributed by atoms with E-state index in [1.165, 1.54) is 6.08 Å². The summed E-state index contributed by atoms with van der Waals surface area (Å²) in [7, 11) is 1.55. The average molecular weight is 298 g/mol. The zero-order valence-corrected chi connectivity index (χ0v) is 11.9. The van der Waals surface area contributed by atoms with Crippen LogP contribution in [0.2, 0.25) is 0 Å². The second-order valence-corrected chi connectivity index (χ2v) is 4.36. The van der Waals surface area contributed by atoms with Crippen molar-refractivity contribution in [2.24, 2.45) is 0 Å². The van der Waals surface area contributed by atoms with E-state index >= 15 is 0 Å². The maximum atomic E-state index is 12.0. The van der Waals surface area contributed by atoms with Crippen molar-refractivity contribution in [2.45, 2.75) is 0 Å². The molecule has 5 nitrogen and oxygen atoms in total. The molecule has 1 N–H and O–H groups in total. The summed E-state index contributed by atoms with van der Waals surface area (Å²) in [5.74, 6) is -0.453. The zero-order chi connectivity index (χ0) is 15.9. The molecule has 0 atom stereocenters. The maximum absolute atomic E-state index is 12.0. The number of hydrogen-bond donors (Lipinski definition) is 1. The van der Waals surface area contributed by atoms with Gasteiger partial charge in [0, 0.05) is 6.08 Å². The van der Waals surface area contributed by atoms with Gasteiger partial charge in [0.1, 0.15) is 11.5 Å². The molecule has 0 amide bonds. The summed E-state index contributed by atoms with van der Waals surface area (Å²) in [6.45, 7) is 0. The van der Waals surface area contributed by atoms with Gasteiger partial charge in [-0.3, -0.25) is 0 Å². The quantitative estimate of drug-likeness (QED) is 0.522. The van der Waals surface area contributed by atoms with Crippen LogP contribution in [0.5, 0.6) is 11.5 Å². The van der Waals surface area contributed by atoms with Crippen molar-refractivity contribution < 1.29 is 24.2 Å². The largest absolute Gasteiger partial charge is 0.497 e. The number of methoxy groups -OCH3 is 1. The molecule has 0 saturated heterocycles. The number of carbonyl (C=O) groups is 2. The van der Waals surface area contributed by atoms with Crippen LogP contribution >= 0.6 is 0 Å². The smallest absolute Gasteiger partial charge is 0.343 e. The highest BCUT2D eigenvalue weighted by molar-refractivity contribution is 5.91. The van der Waals surface area contributed by atoms with Crippen LogP contribution in [0.4, 0.5) is 0 Å². The lowest BCUT2D eigenvalue weighted by Crippen LogP contribution is -2.08. The summed E-state index contributed by atoms with van der Waals surface area (Å²) in [5, 5.41) is 8.55. The second kappa shape index (κ2) is 7.08. The number of aliphatic carboxylic acids is 1. The van der Waals surface area contributed by atoms with Gasteiger partial charge in [0.25, 0.3) is 0 Å². The van der Waals surface area contributed by atoms with E-state index in [4.69, 9.17) is 14.6 Å². The Balaban J connectivity index is 2.03. The Hall–Kier alpha value is -3.08. The first-order valence-corrected chi connectivity index (χ1v) is 6.46. The van der Waals surface area contributed by atoms with E-state index in [1.807, 2.05) is 0 Å². The van der Waals surface area contributed by atoms with E-state index in [0.717, 1.165) is 6.08 Å². The molecule has 0 spiro atoms. The number of esters is 1. The predicted molar refractivity (Wildman–Crippen MR) is 81.1 cm³/mol. The van der Waals surface area contributed by atoms with Gasteiger partial charge in [-0.1, -0.05) is 12.1 Å². The minimum absolute atomic E-state index is 0.383. The van der Waals surface area contributed by atoms with Gasteiger partial charge in [0.15, 0.2) is 0 Å². The van der Waals surface area contributed by atoms with Gasteiger partial charge in [0.05, 0.1) is 12.7 Å². The Morgan fingerprint density at radius 3 is 2.09 bits per heavy atom. The van der Waals surface area contributed by atoms with Crippen LogP contribution in [0.3, 0.4) is 0 Å². The molecule has 0 saturated carbocycles. The van der Waals surface area contributed by atoms with Gasteiger partial charge in [-0.15, -0.1) is 0 Å². The molecule has 22 heavy (non-hydrogen) atoms. The van der Waals surface area contributed by atoms with E-state index in [9.17, 15) is 9.59 Å². The summed E-state index contributed by atoms with van der Waals surface area (Å²) in [5.41, 5.74) is 1.11. The first-order chi connectivity index (χ1) is 10.6. The second-order valence-electron chi connectivity index (χ2n) is 4.36. The highest BCUT2D eigenvalue weighted by Gasteiger charge is 2.08. The monoisotopic (exact) mass is 298 g/mol. The first kappa shape index (κ1) is 15.3. The Labute approximate surface area is 127 Å². The Bertz CT molecular complexity index is 684. The topological polar surface area (TPSA) is 72.8 Å². The minimum Gasteiger partial charge on any atom is -0.497 e. The molecule has 0 heterocycles. The van der Waals surface area contributed by atoms with Crippen LogP contribution in [-0.4, -0.2) is 24.2 Å². The van der Waals surface area contributed by atoms with Crippen LogP contribution in [-0.2, 0) is 4.79 Å². The van der Waals surface area contributed by atoms with Crippen LogP contribution in [0.1, 0.15) is 15.9 Å². The number of carboxylic acid groups (broad SMARTS) is 1. The van der Waals surface area contributed by atoms with Gasteiger partial charge in [-0.2, -0.15) is 0 Å². The van der Waals surface area contributed by atoms with Crippen molar-refractivity contribution in [3.8, 4) is 11.5 Å². The predicted octanol–water partition coefficient (Wildman–Crippen LogP) is 3.01. The lowest BCUT2D eigenvalue weighted by Gasteiger charge is -2.05. The zero-order valence-electron chi connectivity index (χ0n) is 11.9. The number of benzene rings is 2. The Kier molecular flexibility index (Phi) is 4.93. The van der Waals surface area contributed by atoms with Crippen molar-refractivity contribution in [1.29, 1.82) is 0 Å². The van der Waals surface area contributed by atoms with E-state index in [0.29, 0.717) is 22.6 Å². The normalized spacial score (nSPS) is 10.4. The summed E-state index contributed by atoms with van der Waals surface area (Å²) >= 11 is 0. The van der Waals surface area contributed by atoms with Crippen molar-refractivity contribution in [1.82, 2.24) is 0 Å². The molecule has 0 bridgehead atoms. The molecule has 2 aromatic rings. The molecule has 0 radical (unpaired) electrons. The SMILES string of the molecule is COc1ccc(C(=O)Oc2ccc(/C=C\C(=O)O)cc2)cc1. The van der Waals surface area contributed by atoms with E-state index in [2.05, 4.69) is 0 Å². The van der Waals surface area contributed by atoms with Crippen LogP contribution in [0.15, 0.2) is 54.6 Å². The van der Waals surface area contributed by atoms with Crippen LogP contribution in [0.25, 0.3) is 6.08 Å². The Morgan fingerprint density at radius 1 is 0.955 bits per heavy atom. The van der Waals surface area contributed by atoms with Crippen LogP contribution in [0, 0.1) is 0 Å². The van der Waals surface area contributed by atoms with Crippen LogP contribution < -0.4 is 9.47 Å². The first-order valence-electron chi connectivity index (χ1n) is 6.46. The van der Waals surface area contributed by atoms with Crippen molar-refractivity contribution in [3.63, 3.8) is 0 Å². The summed E-state index contributed by atoms with van der Waals surface area (Å²) in [4.78, 5) is 22.4. The van der Waals surface area contributed by atoms with Crippen molar-refractivity contribution in [3.05, 3.63) is 65.7 Å². The fraction of sp³-hybridized carbons (Fsp3) is 0.0588. The van der Waals surface area contributed by atoms with Crippen molar-refractivity contribution in [2.75, 3.05) is 7.11 Å². The Morgan fingerprint density at radius 2 is 1.55 bits per heavy atom. The number of hydrogen-bond acceptors (Lipinski definition) is 4. The lowest BCUT2D eigenvalue weighted by molar-refractivity contribution is -0.131. The number of carboxylic acids is 1. The highest BCUT2D eigenvalue weighted by Crippen LogP contribution is 2.17. The number of rotatable bonds is 5. The molecule has 2 aromatic carbocycles. The maximum Gasteiger partial charge on any atom is 0.343 e. The standard InChI is InChI=1S/C17H14O5/c1-21-14-9-5-13(6-10-14)17(20)22-15-7-2-12(3-8-15)4-11-16(18)19/h2-11H,1H3,(H,18,19)/b11-4-. The molecule has 0 aliphatic rings. The lowest BCUT2D eigenvalue weighted by atomic mass is 10.2. The molecule has 0 fully saturated rings. The van der Waals surface area contributed by atoms with Gasteiger partial charge < -0.3 is 14.6 Å². The van der Waals surface area contributed by atoms with Gasteiger partial charge in [0.2, 0.25) is 0 Å². The molecule has 0 aliphatic heterocycles. The molecule has 0 aromatic heterocycles. The third kappa shape index (κ3) is 4.21. The van der Waals surface area contributed by atoms with Gasteiger partial charge in [-0.25, -0.2) is 9.59 Å². The van der Waals surface area contributed by atoms with Gasteiger partial charge >= 0.3 is 11.9 Å². The molecule has 5 heteroatoms. The summed E-state index contributed by atoms with van der Waals surface area (Å²) in [6.07, 6.45) is 2.50. The summed E-state index contributed by atoms with van der Waals surface area (Å²) in [6, 6.07) is 13.1. The fourth-order valence-corrected chi connectivity index (χ4v) is 1.71. The number of ether oxygens (including phenoxy) is 2. The number of carbonyl (C=O) groups excluding carboxylic acids is 1. The van der Waals surface area contributed by atoms with E-state index < -0.39 is 11.9 Å². The van der Waals surface area contributed by atoms with E-state index in [-0.39, 0.29) is 0 Å². The average Bonchev–Trinajstić information content (AvgIpc) is 2.54. The third-order valence-electron chi connectivity index (χ3n) is 2.83. The third-order valence-corrected chi connectivity index (χ3v) is 2.83. The van der Waals surface area contributed by atoms with E-state index in [1.54, 1.807) is 55.6 Å². The summed E-state index contributed by atoms with van der Waals surface area (Å²) < 4.78 is 10.3. The molecular formula is C17H14O5. The molecule has 0 unspecified atom stereocenters. The van der Waals surface area contributed by atoms with Crippen molar-refractivity contribution >= 4 is 18.0 Å².